The van der Waals surface area contributed by atoms with Crippen LogP contribution in [0.5, 0.6) is 5.75 Å². The number of methoxy groups -OCH3 is 1. The first kappa shape index (κ1) is 13.6. The molecule has 3 aromatic rings. The Labute approximate surface area is 125 Å². The molecule has 0 saturated heterocycles. The highest BCUT2D eigenvalue weighted by atomic mass is 35.5. The summed E-state index contributed by atoms with van der Waals surface area (Å²) in [5.74, 6) is 0.654. The number of anilines is 1. The van der Waals surface area contributed by atoms with Gasteiger partial charge in [0.25, 0.3) is 0 Å². The number of rotatable bonds is 4. The fourth-order valence-corrected chi connectivity index (χ4v) is 2.36. The SMILES string of the molecule is COc1cc(CNc2ccc3[nH]c(=O)[nH]c3c2)ccc1Cl. The van der Waals surface area contributed by atoms with Crippen LogP contribution in [0.25, 0.3) is 11.0 Å². The molecule has 0 aliphatic rings. The molecular formula is C15H14ClN3O2. The smallest absolute Gasteiger partial charge is 0.323 e. The summed E-state index contributed by atoms with van der Waals surface area (Å²) >= 11 is 6.00. The molecule has 0 bridgehead atoms. The number of ether oxygens (including phenoxy) is 1. The molecule has 0 amide bonds. The van der Waals surface area contributed by atoms with Crippen LogP contribution in [0.3, 0.4) is 0 Å². The van der Waals surface area contributed by atoms with Crippen LogP contribution in [0.15, 0.2) is 41.2 Å². The minimum absolute atomic E-state index is 0.204. The van der Waals surface area contributed by atoms with Gasteiger partial charge in [-0.1, -0.05) is 17.7 Å². The lowest BCUT2D eigenvalue weighted by Gasteiger charge is -2.09. The Morgan fingerprint density at radius 2 is 1.95 bits per heavy atom. The van der Waals surface area contributed by atoms with E-state index < -0.39 is 0 Å². The molecule has 0 aliphatic heterocycles. The van der Waals surface area contributed by atoms with E-state index in [4.69, 9.17) is 16.3 Å². The molecule has 6 heteroatoms. The number of imidazole rings is 1. The molecule has 0 spiro atoms. The molecule has 3 N–H and O–H groups in total. The van der Waals surface area contributed by atoms with Gasteiger partial charge in [-0.25, -0.2) is 4.79 Å². The second-order valence-corrected chi connectivity index (χ2v) is 5.07. The van der Waals surface area contributed by atoms with Gasteiger partial charge >= 0.3 is 5.69 Å². The molecule has 1 heterocycles. The first-order valence-corrected chi connectivity index (χ1v) is 6.82. The second kappa shape index (κ2) is 5.54. The van der Waals surface area contributed by atoms with Crippen LogP contribution in [-0.4, -0.2) is 17.1 Å². The zero-order valence-electron chi connectivity index (χ0n) is 11.4. The van der Waals surface area contributed by atoms with Crippen LogP contribution >= 0.6 is 11.6 Å². The third kappa shape index (κ3) is 2.87. The first-order chi connectivity index (χ1) is 10.2. The first-order valence-electron chi connectivity index (χ1n) is 6.44. The van der Waals surface area contributed by atoms with Crippen molar-refractivity contribution in [2.24, 2.45) is 0 Å². The van der Waals surface area contributed by atoms with E-state index in [1.165, 1.54) is 0 Å². The van der Waals surface area contributed by atoms with Gasteiger partial charge in [0.15, 0.2) is 0 Å². The van der Waals surface area contributed by atoms with Gasteiger partial charge in [0.05, 0.1) is 23.2 Å². The number of halogens is 1. The molecule has 5 nitrogen and oxygen atoms in total. The normalized spacial score (nSPS) is 10.8. The summed E-state index contributed by atoms with van der Waals surface area (Å²) in [7, 11) is 1.59. The maximum atomic E-state index is 11.2. The van der Waals surface area contributed by atoms with Gasteiger partial charge in [0.2, 0.25) is 0 Å². The Hall–Kier alpha value is -2.40. The number of aromatic amines is 2. The van der Waals surface area contributed by atoms with Crippen molar-refractivity contribution in [2.75, 3.05) is 12.4 Å². The largest absolute Gasteiger partial charge is 0.495 e. The van der Waals surface area contributed by atoms with Crippen LogP contribution in [0.1, 0.15) is 5.56 Å². The molecule has 0 aliphatic carbocycles. The summed E-state index contributed by atoms with van der Waals surface area (Å²) in [6.07, 6.45) is 0. The van der Waals surface area contributed by atoms with Gasteiger partial charge in [0.1, 0.15) is 5.75 Å². The quantitative estimate of drug-likeness (QED) is 0.693. The molecule has 0 saturated carbocycles. The van der Waals surface area contributed by atoms with Crippen molar-refractivity contribution in [1.29, 1.82) is 0 Å². The molecule has 0 radical (unpaired) electrons. The third-order valence-electron chi connectivity index (χ3n) is 3.23. The molecule has 1 aromatic heterocycles. The number of benzene rings is 2. The Bertz CT molecular complexity index is 838. The van der Waals surface area contributed by atoms with Crippen LogP contribution in [-0.2, 0) is 6.54 Å². The van der Waals surface area contributed by atoms with Gasteiger partial charge in [-0.3, -0.25) is 0 Å². The van der Waals surface area contributed by atoms with E-state index in [1.807, 2.05) is 36.4 Å². The van der Waals surface area contributed by atoms with E-state index in [0.29, 0.717) is 17.3 Å². The predicted octanol–water partition coefficient (Wildman–Crippen LogP) is 3.13. The van der Waals surface area contributed by atoms with Gasteiger partial charge in [-0.05, 0) is 35.9 Å². The molecule has 3 rings (SSSR count). The second-order valence-electron chi connectivity index (χ2n) is 4.66. The summed E-state index contributed by atoms with van der Waals surface area (Å²) in [6.45, 7) is 0.633. The Balaban J connectivity index is 1.78. The summed E-state index contributed by atoms with van der Waals surface area (Å²) in [4.78, 5) is 16.7. The van der Waals surface area contributed by atoms with Crippen molar-refractivity contribution >= 4 is 28.3 Å². The van der Waals surface area contributed by atoms with Gasteiger partial charge in [-0.2, -0.15) is 0 Å². The maximum Gasteiger partial charge on any atom is 0.323 e. The fourth-order valence-electron chi connectivity index (χ4n) is 2.16. The average Bonchev–Trinajstić information content (AvgIpc) is 2.85. The molecule has 0 unspecified atom stereocenters. The highest BCUT2D eigenvalue weighted by Gasteiger charge is 2.03. The minimum Gasteiger partial charge on any atom is -0.495 e. The van der Waals surface area contributed by atoms with E-state index in [0.717, 1.165) is 22.3 Å². The van der Waals surface area contributed by atoms with E-state index in [9.17, 15) is 4.79 Å². The lowest BCUT2D eigenvalue weighted by Crippen LogP contribution is -2.00. The summed E-state index contributed by atoms with van der Waals surface area (Å²) in [5.41, 5.74) is 3.34. The monoisotopic (exact) mass is 303 g/mol. The number of fused-ring (bicyclic) bond motifs is 1. The average molecular weight is 304 g/mol. The molecule has 108 valence electrons. The van der Waals surface area contributed by atoms with Crippen molar-refractivity contribution in [3.63, 3.8) is 0 Å². The van der Waals surface area contributed by atoms with Gasteiger partial charge in [-0.15, -0.1) is 0 Å². The van der Waals surface area contributed by atoms with Crippen molar-refractivity contribution in [2.45, 2.75) is 6.54 Å². The topological polar surface area (TPSA) is 69.9 Å². The van der Waals surface area contributed by atoms with E-state index in [1.54, 1.807) is 7.11 Å². The predicted molar refractivity (Wildman–Crippen MR) is 84.3 cm³/mol. The van der Waals surface area contributed by atoms with Crippen molar-refractivity contribution < 1.29 is 4.74 Å². The van der Waals surface area contributed by atoms with E-state index in [2.05, 4.69) is 15.3 Å². The number of hydrogen-bond donors (Lipinski definition) is 3. The number of hydrogen-bond acceptors (Lipinski definition) is 3. The summed E-state index contributed by atoms with van der Waals surface area (Å²) < 4.78 is 5.19. The van der Waals surface area contributed by atoms with Gasteiger partial charge in [0, 0.05) is 12.2 Å². The fraction of sp³-hybridized carbons (Fsp3) is 0.133. The van der Waals surface area contributed by atoms with E-state index >= 15 is 0 Å². The highest BCUT2D eigenvalue weighted by molar-refractivity contribution is 6.32. The van der Waals surface area contributed by atoms with Crippen molar-refractivity contribution in [1.82, 2.24) is 9.97 Å². The standard InChI is InChI=1S/C15H14ClN3O2/c1-21-14-6-9(2-4-11(14)16)8-17-10-3-5-12-13(7-10)19-15(20)18-12/h2-7,17H,8H2,1H3,(H2,18,19,20). The Morgan fingerprint density at radius 3 is 2.76 bits per heavy atom. The minimum atomic E-state index is -0.204. The lowest BCUT2D eigenvalue weighted by atomic mass is 10.2. The number of nitrogens with one attached hydrogen (secondary N) is 3. The summed E-state index contributed by atoms with van der Waals surface area (Å²) in [5, 5.41) is 3.89. The third-order valence-corrected chi connectivity index (χ3v) is 3.54. The van der Waals surface area contributed by atoms with Crippen LogP contribution in [0.2, 0.25) is 5.02 Å². The zero-order valence-corrected chi connectivity index (χ0v) is 12.1. The van der Waals surface area contributed by atoms with Crippen LogP contribution < -0.4 is 15.7 Å². The summed E-state index contributed by atoms with van der Waals surface area (Å²) in [6, 6.07) is 11.3. The maximum absolute atomic E-state index is 11.2. The Morgan fingerprint density at radius 1 is 1.14 bits per heavy atom. The number of H-pyrrole nitrogens is 2. The molecular weight excluding hydrogens is 290 g/mol. The molecule has 0 fully saturated rings. The van der Waals surface area contributed by atoms with Crippen molar-refractivity contribution in [3.8, 4) is 5.75 Å². The number of aromatic nitrogens is 2. The molecule has 21 heavy (non-hydrogen) atoms. The molecule has 2 aromatic carbocycles. The highest BCUT2D eigenvalue weighted by Crippen LogP contribution is 2.25. The lowest BCUT2D eigenvalue weighted by molar-refractivity contribution is 0.414. The molecule has 0 atom stereocenters. The van der Waals surface area contributed by atoms with Crippen molar-refractivity contribution in [3.05, 3.63) is 57.5 Å². The Kier molecular flexibility index (Phi) is 3.58. The zero-order chi connectivity index (χ0) is 14.8. The van der Waals surface area contributed by atoms with Gasteiger partial charge < -0.3 is 20.0 Å². The van der Waals surface area contributed by atoms with Crippen LogP contribution in [0.4, 0.5) is 5.69 Å². The van der Waals surface area contributed by atoms with Crippen LogP contribution in [0, 0.1) is 0 Å². The van der Waals surface area contributed by atoms with E-state index in [-0.39, 0.29) is 5.69 Å².